The van der Waals surface area contributed by atoms with Crippen molar-refractivity contribution in [3.63, 3.8) is 0 Å². The van der Waals surface area contributed by atoms with Crippen molar-refractivity contribution in [2.24, 2.45) is 17.6 Å². The number of para-hydroxylation sites is 1. The summed E-state index contributed by atoms with van der Waals surface area (Å²) in [7, 11) is -3.54. The lowest BCUT2D eigenvalue weighted by atomic mass is 9.78. The molecule has 5 nitrogen and oxygen atoms in total. The first-order valence-electron chi connectivity index (χ1n) is 8.58. The molecule has 25 heavy (non-hydrogen) atoms. The molecule has 1 saturated carbocycles. The number of aromatic nitrogens is 1. The summed E-state index contributed by atoms with van der Waals surface area (Å²) in [5, 5.41) is 0.865. The van der Waals surface area contributed by atoms with Crippen molar-refractivity contribution in [3.8, 4) is 0 Å². The first-order valence-corrected chi connectivity index (χ1v) is 10.0. The van der Waals surface area contributed by atoms with Gasteiger partial charge in [-0.1, -0.05) is 18.6 Å². The average Bonchev–Trinajstić information content (AvgIpc) is 3.00. The Morgan fingerprint density at radius 2 is 2.04 bits per heavy atom. The molecule has 1 aliphatic heterocycles. The molecule has 3 atom stereocenters. The highest BCUT2D eigenvalue weighted by Gasteiger charge is 2.43. The highest BCUT2D eigenvalue weighted by Crippen LogP contribution is 2.38. The van der Waals surface area contributed by atoms with Crippen LogP contribution in [0.5, 0.6) is 0 Å². The third-order valence-corrected chi connectivity index (χ3v) is 7.41. The maximum absolute atomic E-state index is 13.2. The molecular formula is C18H24ClN3O2S. The van der Waals surface area contributed by atoms with Gasteiger partial charge in [0.05, 0.1) is 5.52 Å². The third-order valence-electron chi connectivity index (χ3n) is 5.55. The van der Waals surface area contributed by atoms with E-state index in [1.807, 2.05) is 19.1 Å². The molecule has 2 heterocycles. The fourth-order valence-electron chi connectivity index (χ4n) is 4.26. The van der Waals surface area contributed by atoms with E-state index in [4.69, 9.17) is 5.73 Å². The Morgan fingerprint density at radius 1 is 1.24 bits per heavy atom. The van der Waals surface area contributed by atoms with Crippen molar-refractivity contribution < 1.29 is 8.42 Å². The first kappa shape index (κ1) is 18.6. The average molecular weight is 382 g/mol. The van der Waals surface area contributed by atoms with Crippen molar-refractivity contribution >= 4 is 33.3 Å². The molecule has 1 aliphatic carbocycles. The van der Waals surface area contributed by atoms with Gasteiger partial charge in [-0.3, -0.25) is 4.98 Å². The Kier molecular flexibility index (Phi) is 5.08. The van der Waals surface area contributed by atoms with Crippen LogP contribution < -0.4 is 5.73 Å². The zero-order valence-electron chi connectivity index (χ0n) is 14.3. The van der Waals surface area contributed by atoms with Crippen LogP contribution in [-0.4, -0.2) is 36.8 Å². The Balaban J connectivity index is 0.00000182. The van der Waals surface area contributed by atoms with Gasteiger partial charge in [-0.15, -0.1) is 12.4 Å². The van der Waals surface area contributed by atoms with E-state index in [9.17, 15) is 8.42 Å². The van der Waals surface area contributed by atoms with Crippen molar-refractivity contribution in [3.05, 3.63) is 36.0 Å². The summed E-state index contributed by atoms with van der Waals surface area (Å²) in [6.45, 7) is 3.08. The summed E-state index contributed by atoms with van der Waals surface area (Å²) in [4.78, 5) is 4.71. The van der Waals surface area contributed by atoms with E-state index in [1.165, 1.54) is 0 Å². The first-order chi connectivity index (χ1) is 11.5. The van der Waals surface area contributed by atoms with E-state index in [2.05, 4.69) is 4.98 Å². The monoisotopic (exact) mass is 381 g/mol. The third kappa shape index (κ3) is 3.16. The second-order valence-corrected chi connectivity index (χ2v) is 9.09. The Hall–Kier alpha value is -1.21. The highest BCUT2D eigenvalue weighted by atomic mass is 35.5. The summed E-state index contributed by atoms with van der Waals surface area (Å²) in [5.74, 6) is 0.687. The molecule has 4 rings (SSSR count). The Bertz CT molecular complexity index is 887. The number of pyridine rings is 1. The van der Waals surface area contributed by atoms with Gasteiger partial charge in [-0.05, 0) is 49.3 Å². The molecule has 2 N–H and O–H groups in total. The van der Waals surface area contributed by atoms with Gasteiger partial charge in [0, 0.05) is 30.7 Å². The number of fused-ring (bicyclic) bond motifs is 2. The number of hydrogen-bond donors (Lipinski definition) is 1. The molecule has 136 valence electrons. The number of hydrogen-bond acceptors (Lipinski definition) is 4. The topological polar surface area (TPSA) is 76.3 Å². The van der Waals surface area contributed by atoms with Crippen LogP contribution in [0.2, 0.25) is 0 Å². The minimum Gasteiger partial charge on any atom is -0.327 e. The van der Waals surface area contributed by atoms with Crippen molar-refractivity contribution in [2.45, 2.75) is 37.1 Å². The Labute approximate surface area is 155 Å². The van der Waals surface area contributed by atoms with Gasteiger partial charge < -0.3 is 5.73 Å². The predicted molar refractivity (Wildman–Crippen MR) is 101 cm³/mol. The molecule has 1 saturated heterocycles. The van der Waals surface area contributed by atoms with Gasteiger partial charge >= 0.3 is 0 Å². The fourth-order valence-corrected chi connectivity index (χ4v) is 5.96. The molecule has 3 unspecified atom stereocenters. The predicted octanol–water partition coefficient (Wildman–Crippen LogP) is 2.71. The summed E-state index contributed by atoms with van der Waals surface area (Å²) in [6, 6.07) is 7.47. The molecule has 2 fully saturated rings. The maximum atomic E-state index is 13.2. The summed E-state index contributed by atoms with van der Waals surface area (Å²) in [6.07, 6.45) is 4.91. The number of halogens is 1. The largest absolute Gasteiger partial charge is 0.327 e. The summed E-state index contributed by atoms with van der Waals surface area (Å²) >= 11 is 0. The normalized spacial score (nSPS) is 27.0. The second kappa shape index (κ2) is 6.83. The summed E-state index contributed by atoms with van der Waals surface area (Å²) in [5.41, 5.74) is 7.82. The SMILES string of the molecule is Cc1cnc2c(S(=O)(=O)N3CC4CCCC(N)C4C3)cccc2c1.Cl. The van der Waals surface area contributed by atoms with Gasteiger partial charge in [0.25, 0.3) is 0 Å². The van der Waals surface area contributed by atoms with Crippen LogP contribution in [0.15, 0.2) is 35.4 Å². The van der Waals surface area contributed by atoms with E-state index >= 15 is 0 Å². The minimum absolute atomic E-state index is 0. The molecule has 1 aromatic carbocycles. The standard InChI is InChI=1S/C18H23N3O2S.ClH/c1-12-8-13-4-3-7-17(18(13)20-9-12)24(22,23)21-10-14-5-2-6-16(19)15(14)11-21;/h3-4,7-9,14-16H,2,5-6,10-11,19H2,1H3;1H. The molecule has 0 amide bonds. The fraction of sp³-hybridized carbons (Fsp3) is 0.500. The number of rotatable bonds is 2. The van der Waals surface area contributed by atoms with Crippen LogP contribution in [-0.2, 0) is 10.0 Å². The van der Waals surface area contributed by atoms with Crippen LogP contribution in [0.25, 0.3) is 10.9 Å². The van der Waals surface area contributed by atoms with Gasteiger partial charge in [0.2, 0.25) is 10.0 Å². The molecule has 0 bridgehead atoms. The van der Waals surface area contributed by atoms with E-state index in [-0.39, 0.29) is 18.4 Å². The zero-order chi connectivity index (χ0) is 16.9. The van der Waals surface area contributed by atoms with Gasteiger partial charge in [-0.2, -0.15) is 4.31 Å². The molecule has 1 aromatic heterocycles. The number of sulfonamides is 1. The van der Waals surface area contributed by atoms with Crippen LogP contribution in [0.1, 0.15) is 24.8 Å². The smallest absolute Gasteiger partial charge is 0.245 e. The quantitative estimate of drug-likeness (QED) is 0.867. The van der Waals surface area contributed by atoms with Gasteiger partial charge in [0.1, 0.15) is 4.90 Å². The Morgan fingerprint density at radius 3 is 2.80 bits per heavy atom. The lowest BCUT2D eigenvalue weighted by Crippen LogP contribution is -2.38. The van der Waals surface area contributed by atoms with Crippen LogP contribution in [0, 0.1) is 18.8 Å². The lowest BCUT2D eigenvalue weighted by molar-refractivity contribution is 0.260. The van der Waals surface area contributed by atoms with Crippen molar-refractivity contribution in [1.82, 2.24) is 9.29 Å². The maximum Gasteiger partial charge on any atom is 0.245 e. The van der Waals surface area contributed by atoms with Crippen LogP contribution in [0.3, 0.4) is 0 Å². The minimum atomic E-state index is -3.54. The number of nitrogens with zero attached hydrogens (tertiary/aromatic N) is 2. The van der Waals surface area contributed by atoms with Crippen LogP contribution in [0.4, 0.5) is 0 Å². The zero-order valence-corrected chi connectivity index (χ0v) is 15.9. The number of nitrogens with two attached hydrogens (primary N) is 1. The van der Waals surface area contributed by atoms with Crippen molar-refractivity contribution in [2.75, 3.05) is 13.1 Å². The highest BCUT2D eigenvalue weighted by molar-refractivity contribution is 7.89. The number of aryl methyl sites for hydroxylation is 1. The second-order valence-electron chi connectivity index (χ2n) is 7.18. The molecular weight excluding hydrogens is 358 g/mol. The van der Waals surface area contributed by atoms with Crippen LogP contribution >= 0.6 is 12.4 Å². The van der Waals surface area contributed by atoms with Gasteiger partial charge in [0.15, 0.2) is 0 Å². The number of benzene rings is 1. The molecule has 0 radical (unpaired) electrons. The van der Waals surface area contributed by atoms with E-state index in [0.717, 1.165) is 30.2 Å². The van der Waals surface area contributed by atoms with E-state index in [1.54, 1.807) is 22.6 Å². The molecule has 7 heteroatoms. The molecule has 2 aliphatic rings. The summed E-state index contributed by atoms with van der Waals surface area (Å²) < 4.78 is 28.1. The van der Waals surface area contributed by atoms with E-state index < -0.39 is 10.0 Å². The molecule has 0 spiro atoms. The lowest BCUT2D eigenvalue weighted by Gasteiger charge is -2.29. The van der Waals surface area contributed by atoms with Gasteiger partial charge in [-0.25, -0.2) is 8.42 Å². The van der Waals surface area contributed by atoms with Crippen molar-refractivity contribution in [1.29, 1.82) is 0 Å². The molecule has 2 aromatic rings. The van der Waals surface area contributed by atoms with E-state index in [0.29, 0.717) is 35.3 Å².